The number of benzene rings is 2. The molecule has 8 heteroatoms. The minimum Gasteiger partial charge on any atom is -0.393 e. The second-order valence-corrected chi connectivity index (χ2v) is 5.82. The Balaban J connectivity index is 2.06. The van der Waals surface area contributed by atoms with Gasteiger partial charge in [-0.15, -0.1) is 0 Å². The summed E-state index contributed by atoms with van der Waals surface area (Å²) in [5, 5.41) is 13.5. The first kappa shape index (κ1) is 19.2. The van der Waals surface area contributed by atoms with Gasteiger partial charge in [0.15, 0.2) is 0 Å². The number of likely N-dealkylation sites (N-methyl/N-ethyl adjacent to an activating group) is 1. The van der Waals surface area contributed by atoms with Crippen LogP contribution in [0.25, 0.3) is 0 Å². The maximum atomic E-state index is 13.5. The normalized spacial score (nSPS) is 10.4. The van der Waals surface area contributed by atoms with Crippen molar-refractivity contribution in [2.24, 2.45) is 0 Å². The number of nitrogens with zero attached hydrogens (tertiary/aromatic N) is 2. The van der Waals surface area contributed by atoms with Gasteiger partial charge in [-0.05, 0) is 37.6 Å². The molecule has 0 aliphatic heterocycles. The second kappa shape index (κ2) is 8.28. The third kappa shape index (κ3) is 4.47. The molecule has 0 bridgehead atoms. The Labute approximate surface area is 150 Å². The first-order chi connectivity index (χ1) is 12.3. The minimum atomic E-state index is -0.883. The van der Waals surface area contributed by atoms with E-state index >= 15 is 0 Å². The first-order valence-corrected chi connectivity index (χ1v) is 8.16. The zero-order valence-corrected chi connectivity index (χ0v) is 14.7. The number of carbonyl (C=O) groups excluding carboxylic acids is 1. The van der Waals surface area contributed by atoms with Crippen LogP contribution in [0.15, 0.2) is 36.4 Å². The summed E-state index contributed by atoms with van der Waals surface area (Å²) < 4.78 is 13.5. The van der Waals surface area contributed by atoms with Gasteiger partial charge in [0, 0.05) is 25.3 Å². The summed E-state index contributed by atoms with van der Waals surface area (Å²) in [5.41, 5.74) is 6.59. The third-order valence-electron chi connectivity index (χ3n) is 3.98. The van der Waals surface area contributed by atoms with Crippen LogP contribution in [0.3, 0.4) is 0 Å². The summed E-state index contributed by atoms with van der Waals surface area (Å²) >= 11 is 0. The number of aryl methyl sites for hydroxylation is 1. The monoisotopic (exact) mass is 360 g/mol. The predicted molar refractivity (Wildman–Crippen MR) is 98.9 cm³/mol. The number of amides is 1. The predicted octanol–water partition coefficient (Wildman–Crippen LogP) is 2.88. The average Bonchev–Trinajstić information content (AvgIpc) is 2.60. The van der Waals surface area contributed by atoms with E-state index in [1.54, 1.807) is 0 Å². The molecule has 0 aliphatic rings. The molecule has 3 N–H and O–H groups in total. The minimum absolute atomic E-state index is 0.240. The van der Waals surface area contributed by atoms with E-state index in [4.69, 9.17) is 5.73 Å². The van der Waals surface area contributed by atoms with Gasteiger partial charge in [-0.3, -0.25) is 14.9 Å². The molecule has 0 saturated carbocycles. The van der Waals surface area contributed by atoms with Crippen LogP contribution < -0.4 is 16.0 Å². The SMILES string of the molecule is CCN(CCNC(=O)c1cc(F)cc([N+](=O)[O-])c1N)c1cccc(C)c1. The summed E-state index contributed by atoms with van der Waals surface area (Å²) in [7, 11) is 0. The zero-order valence-electron chi connectivity index (χ0n) is 14.7. The van der Waals surface area contributed by atoms with Gasteiger partial charge < -0.3 is 16.0 Å². The summed E-state index contributed by atoms with van der Waals surface area (Å²) in [5.74, 6) is -1.53. The maximum absolute atomic E-state index is 13.5. The van der Waals surface area contributed by atoms with Gasteiger partial charge in [-0.25, -0.2) is 4.39 Å². The molecule has 0 atom stereocenters. The molecule has 2 aromatic carbocycles. The summed E-state index contributed by atoms with van der Waals surface area (Å²) in [4.78, 5) is 24.4. The van der Waals surface area contributed by atoms with E-state index < -0.39 is 22.3 Å². The fourth-order valence-corrected chi connectivity index (χ4v) is 2.64. The molecule has 2 rings (SSSR count). The van der Waals surface area contributed by atoms with E-state index in [-0.39, 0.29) is 17.8 Å². The third-order valence-corrected chi connectivity index (χ3v) is 3.98. The molecule has 2 aromatic rings. The van der Waals surface area contributed by atoms with Crippen LogP contribution in [0, 0.1) is 22.9 Å². The Hall–Kier alpha value is -3.16. The van der Waals surface area contributed by atoms with E-state index in [1.165, 1.54) is 0 Å². The molecule has 0 fully saturated rings. The van der Waals surface area contributed by atoms with Crippen molar-refractivity contribution in [3.05, 3.63) is 63.5 Å². The smallest absolute Gasteiger partial charge is 0.295 e. The Morgan fingerprint density at radius 2 is 2.08 bits per heavy atom. The number of nitro groups is 1. The molecular formula is C18H21FN4O3. The zero-order chi connectivity index (χ0) is 19.3. The van der Waals surface area contributed by atoms with Crippen molar-refractivity contribution in [3.8, 4) is 0 Å². The van der Waals surface area contributed by atoms with Gasteiger partial charge in [-0.1, -0.05) is 12.1 Å². The molecule has 0 saturated heterocycles. The molecule has 0 aliphatic carbocycles. The van der Waals surface area contributed by atoms with Gasteiger partial charge >= 0.3 is 0 Å². The van der Waals surface area contributed by atoms with Crippen molar-refractivity contribution >= 4 is 23.0 Å². The molecule has 0 radical (unpaired) electrons. The number of nitrogens with one attached hydrogen (secondary N) is 1. The lowest BCUT2D eigenvalue weighted by Gasteiger charge is -2.23. The van der Waals surface area contributed by atoms with E-state index in [0.29, 0.717) is 12.6 Å². The largest absolute Gasteiger partial charge is 0.393 e. The molecule has 1 amide bonds. The highest BCUT2D eigenvalue weighted by Crippen LogP contribution is 2.26. The number of carbonyl (C=O) groups is 1. The number of halogens is 1. The lowest BCUT2D eigenvalue weighted by molar-refractivity contribution is -0.384. The number of nitrogen functional groups attached to an aromatic ring is 1. The van der Waals surface area contributed by atoms with Gasteiger partial charge in [0.05, 0.1) is 16.6 Å². The Morgan fingerprint density at radius 1 is 1.35 bits per heavy atom. The molecule has 26 heavy (non-hydrogen) atoms. The van der Waals surface area contributed by atoms with Crippen LogP contribution in [-0.4, -0.2) is 30.5 Å². The van der Waals surface area contributed by atoms with Crippen molar-refractivity contribution in [2.75, 3.05) is 30.3 Å². The van der Waals surface area contributed by atoms with Gasteiger partial charge in [0.25, 0.3) is 11.6 Å². The molecule has 0 heterocycles. The highest BCUT2D eigenvalue weighted by atomic mass is 19.1. The van der Waals surface area contributed by atoms with Crippen LogP contribution in [0.5, 0.6) is 0 Å². The lowest BCUT2D eigenvalue weighted by atomic mass is 10.1. The highest BCUT2D eigenvalue weighted by molar-refractivity contribution is 6.01. The van der Waals surface area contributed by atoms with Crippen molar-refractivity contribution in [1.29, 1.82) is 0 Å². The average molecular weight is 360 g/mol. The fraction of sp³-hybridized carbons (Fsp3) is 0.278. The quantitative estimate of drug-likeness (QED) is 0.449. The van der Waals surface area contributed by atoms with Crippen LogP contribution in [0.1, 0.15) is 22.8 Å². The van der Waals surface area contributed by atoms with Crippen molar-refractivity contribution in [1.82, 2.24) is 5.32 Å². The van der Waals surface area contributed by atoms with E-state index in [2.05, 4.69) is 10.2 Å². The number of nitro benzene ring substituents is 1. The number of rotatable bonds is 7. The Kier molecular flexibility index (Phi) is 6.11. The first-order valence-electron chi connectivity index (χ1n) is 8.16. The van der Waals surface area contributed by atoms with E-state index in [0.717, 1.165) is 23.9 Å². The van der Waals surface area contributed by atoms with Crippen molar-refractivity contribution < 1.29 is 14.1 Å². The highest BCUT2D eigenvalue weighted by Gasteiger charge is 2.21. The van der Waals surface area contributed by atoms with E-state index in [1.807, 2.05) is 38.1 Å². The Bertz CT molecular complexity index is 826. The molecule has 7 nitrogen and oxygen atoms in total. The summed E-state index contributed by atoms with van der Waals surface area (Å²) in [6.45, 7) is 5.55. The van der Waals surface area contributed by atoms with Crippen LogP contribution >= 0.6 is 0 Å². The molecule has 0 aromatic heterocycles. The van der Waals surface area contributed by atoms with Crippen LogP contribution in [0.2, 0.25) is 0 Å². The number of nitrogens with two attached hydrogens (primary N) is 1. The number of hydrogen-bond acceptors (Lipinski definition) is 5. The number of hydrogen-bond donors (Lipinski definition) is 2. The lowest BCUT2D eigenvalue weighted by Crippen LogP contribution is -2.35. The molecule has 0 spiro atoms. The topological polar surface area (TPSA) is 102 Å². The standard InChI is InChI=1S/C18H21FN4O3/c1-3-22(14-6-4-5-12(2)9-14)8-7-21-18(24)15-10-13(19)11-16(17(15)20)23(25)26/h4-6,9-11H,3,7-8,20H2,1-2H3,(H,21,24). The second-order valence-electron chi connectivity index (χ2n) is 5.82. The molecule has 138 valence electrons. The summed E-state index contributed by atoms with van der Waals surface area (Å²) in [6, 6.07) is 9.57. The van der Waals surface area contributed by atoms with Crippen molar-refractivity contribution in [2.45, 2.75) is 13.8 Å². The fourth-order valence-electron chi connectivity index (χ4n) is 2.64. The van der Waals surface area contributed by atoms with Gasteiger partial charge in [0.1, 0.15) is 11.5 Å². The Morgan fingerprint density at radius 3 is 2.69 bits per heavy atom. The summed E-state index contributed by atoms with van der Waals surface area (Å²) in [6.07, 6.45) is 0. The van der Waals surface area contributed by atoms with Crippen LogP contribution in [0.4, 0.5) is 21.5 Å². The van der Waals surface area contributed by atoms with Gasteiger partial charge in [0.2, 0.25) is 0 Å². The number of anilines is 2. The molecule has 0 unspecified atom stereocenters. The van der Waals surface area contributed by atoms with Crippen LogP contribution in [-0.2, 0) is 0 Å². The van der Waals surface area contributed by atoms with E-state index in [9.17, 15) is 19.3 Å². The van der Waals surface area contributed by atoms with Gasteiger partial charge in [-0.2, -0.15) is 0 Å². The van der Waals surface area contributed by atoms with Crippen molar-refractivity contribution in [3.63, 3.8) is 0 Å². The maximum Gasteiger partial charge on any atom is 0.295 e. The molecular weight excluding hydrogens is 339 g/mol.